The number of pyridine rings is 1. The second-order valence-corrected chi connectivity index (χ2v) is 8.74. The Morgan fingerprint density at radius 2 is 1.53 bits per heavy atom. The fourth-order valence-electron chi connectivity index (χ4n) is 5.02. The molecule has 0 amide bonds. The number of rotatable bonds is 6. The van der Waals surface area contributed by atoms with Crippen molar-refractivity contribution in [2.45, 2.75) is 38.0 Å². The molecule has 156 valence electrons. The van der Waals surface area contributed by atoms with Gasteiger partial charge in [-0.1, -0.05) is 60.7 Å². The molecular weight excluding hydrogens is 368 g/mol. The van der Waals surface area contributed by atoms with Gasteiger partial charge in [0.2, 0.25) is 0 Å². The van der Waals surface area contributed by atoms with Crippen LogP contribution in [0.2, 0.25) is 0 Å². The zero-order valence-electron chi connectivity index (χ0n) is 17.8. The van der Waals surface area contributed by atoms with Crippen molar-refractivity contribution in [3.63, 3.8) is 0 Å². The van der Waals surface area contributed by atoms with E-state index in [0.29, 0.717) is 17.8 Å². The number of aromatic nitrogens is 1. The van der Waals surface area contributed by atoms with E-state index in [9.17, 15) is 4.79 Å². The molecular formula is C27H32N2O. The summed E-state index contributed by atoms with van der Waals surface area (Å²) in [6.07, 6.45) is 5.72. The third-order valence-electron chi connectivity index (χ3n) is 6.88. The highest BCUT2D eigenvalue weighted by molar-refractivity contribution is 5.63. The zero-order valence-corrected chi connectivity index (χ0v) is 17.8. The Kier molecular flexibility index (Phi) is 6.49. The predicted octanol–water partition coefficient (Wildman–Crippen LogP) is 5.14. The topological polar surface area (TPSA) is 48.0 Å². The van der Waals surface area contributed by atoms with Gasteiger partial charge in [0, 0.05) is 24.7 Å². The monoisotopic (exact) mass is 400 g/mol. The van der Waals surface area contributed by atoms with Crippen molar-refractivity contribution < 1.29 is 0 Å². The number of nitrogens with zero attached hydrogens (tertiary/aromatic N) is 1. The molecule has 0 radical (unpaired) electrons. The van der Waals surface area contributed by atoms with Crippen LogP contribution in [0.25, 0.3) is 11.1 Å². The second-order valence-electron chi connectivity index (χ2n) is 8.74. The van der Waals surface area contributed by atoms with Gasteiger partial charge in [-0.15, -0.1) is 0 Å². The van der Waals surface area contributed by atoms with Gasteiger partial charge in [0.05, 0.1) is 0 Å². The lowest BCUT2D eigenvalue weighted by atomic mass is 9.72. The summed E-state index contributed by atoms with van der Waals surface area (Å²) in [5, 5.41) is 0. The van der Waals surface area contributed by atoms with Crippen molar-refractivity contribution in [1.29, 1.82) is 0 Å². The quantitative estimate of drug-likeness (QED) is 0.622. The molecule has 1 unspecified atom stereocenters. The molecule has 2 N–H and O–H groups in total. The van der Waals surface area contributed by atoms with Crippen LogP contribution in [0.15, 0.2) is 77.6 Å². The molecule has 0 bridgehead atoms. The van der Waals surface area contributed by atoms with Crippen LogP contribution in [0, 0.1) is 11.8 Å². The molecule has 3 aromatic rings. The first-order valence-electron chi connectivity index (χ1n) is 11.2. The molecule has 1 heterocycles. The van der Waals surface area contributed by atoms with Gasteiger partial charge in [0.25, 0.3) is 5.56 Å². The van der Waals surface area contributed by atoms with E-state index in [-0.39, 0.29) is 5.56 Å². The highest BCUT2D eigenvalue weighted by Crippen LogP contribution is 2.40. The average Bonchev–Trinajstić information content (AvgIpc) is 2.81. The van der Waals surface area contributed by atoms with Crippen molar-refractivity contribution in [2.75, 3.05) is 6.54 Å². The van der Waals surface area contributed by atoms with Crippen LogP contribution in [-0.4, -0.2) is 11.1 Å². The largest absolute Gasteiger partial charge is 0.330 e. The molecule has 4 rings (SSSR count). The van der Waals surface area contributed by atoms with E-state index in [0.717, 1.165) is 29.8 Å². The summed E-state index contributed by atoms with van der Waals surface area (Å²) in [7, 11) is 1.93. The average molecular weight is 401 g/mol. The first-order chi connectivity index (χ1) is 14.7. The molecule has 3 nitrogen and oxygen atoms in total. The Hall–Kier alpha value is -2.65. The van der Waals surface area contributed by atoms with Gasteiger partial charge in [-0.3, -0.25) is 4.79 Å². The maximum Gasteiger partial charge on any atom is 0.251 e. The summed E-state index contributed by atoms with van der Waals surface area (Å²) in [6.45, 7) is 0.790. The van der Waals surface area contributed by atoms with Crippen molar-refractivity contribution >= 4 is 0 Å². The molecule has 0 aliphatic heterocycles. The number of hydrogen-bond donors (Lipinski definition) is 1. The van der Waals surface area contributed by atoms with Crippen LogP contribution in [0.3, 0.4) is 0 Å². The van der Waals surface area contributed by atoms with Crippen molar-refractivity contribution in [2.24, 2.45) is 24.6 Å². The molecule has 1 aliphatic carbocycles. The normalized spacial score (nSPS) is 20.1. The van der Waals surface area contributed by atoms with Crippen molar-refractivity contribution in [3.05, 3.63) is 94.4 Å². The SMILES string of the molecule is Cn1c(C(Cc2ccccc2)C2CCC(CN)CC2)cc(-c2ccccc2)cc1=O. The standard InChI is InChI=1S/C27H32N2O/c1-29-26(17-24(18-27(29)30)22-10-6-3-7-11-22)25(16-20-8-4-2-5-9-20)23-14-12-21(19-28)13-15-23/h2-11,17-18,21,23,25H,12-16,19,28H2,1H3. The molecule has 1 aliphatic rings. The first kappa shape index (κ1) is 20.6. The minimum Gasteiger partial charge on any atom is -0.330 e. The highest BCUT2D eigenvalue weighted by atomic mass is 16.1. The molecule has 0 spiro atoms. The molecule has 1 atom stereocenters. The van der Waals surface area contributed by atoms with E-state index in [1.165, 1.54) is 31.2 Å². The summed E-state index contributed by atoms with van der Waals surface area (Å²) < 4.78 is 1.87. The summed E-state index contributed by atoms with van der Waals surface area (Å²) in [6, 6.07) is 24.9. The molecule has 1 fully saturated rings. The second kappa shape index (κ2) is 9.44. The lowest BCUT2D eigenvalue weighted by molar-refractivity contribution is 0.240. The Morgan fingerprint density at radius 3 is 2.17 bits per heavy atom. The fourth-order valence-corrected chi connectivity index (χ4v) is 5.02. The van der Waals surface area contributed by atoms with Gasteiger partial charge in [-0.05, 0) is 73.2 Å². The van der Waals surface area contributed by atoms with Gasteiger partial charge in [0.1, 0.15) is 0 Å². The van der Waals surface area contributed by atoms with Gasteiger partial charge >= 0.3 is 0 Å². The van der Waals surface area contributed by atoms with E-state index >= 15 is 0 Å². The molecule has 30 heavy (non-hydrogen) atoms. The summed E-state index contributed by atoms with van der Waals surface area (Å²) in [5.41, 5.74) is 10.6. The molecule has 0 saturated heterocycles. The molecule has 3 heteroatoms. The van der Waals surface area contributed by atoms with Gasteiger partial charge < -0.3 is 10.3 Å². The first-order valence-corrected chi connectivity index (χ1v) is 11.2. The smallest absolute Gasteiger partial charge is 0.251 e. The van der Waals surface area contributed by atoms with Crippen molar-refractivity contribution in [3.8, 4) is 11.1 Å². The van der Waals surface area contributed by atoms with E-state index < -0.39 is 0 Å². The van der Waals surface area contributed by atoms with Crippen LogP contribution in [-0.2, 0) is 13.5 Å². The van der Waals surface area contributed by atoms with Gasteiger partial charge in [-0.25, -0.2) is 0 Å². The maximum absolute atomic E-state index is 12.9. The summed E-state index contributed by atoms with van der Waals surface area (Å²) >= 11 is 0. The third-order valence-corrected chi connectivity index (χ3v) is 6.88. The Morgan fingerprint density at radius 1 is 0.900 bits per heavy atom. The Labute approximate surface area is 179 Å². The van der Waals surface area contributed by atoms with Crippen LogP contribution >= 0.6 is 0 Å². The van der Waals surface area contributed by atoms with Gasteiger partial charge in [-0.2, -0.15) is 0 Å². The fraction of sp³-hybridized carbons (Fsp3) is 0.370. The molecule has 1 saturated carbocycles. The minimum absolute atomic E-state index is 0.0695. The van der Waals surface area contributed by atoms with E-state index in [1.807, 2.05) is 29.8 Å². The van der Waals surface area contributed by atoms with Crippen LogP contribution in [0.4, 0.5) is 0 Å². The number of benzene rings is 2. The van der Waals surface area contributed by atoms with E-state index in [1.54, 1.807) is 6.07 Å². The third kappa shape index (κ3) is 4.57. The van der Waals surface area contributed by atoms with Crippen molar-refractivity contribution in [1.82, 2.24) is 4.57 Å². The molecule has 2 aromatic carbocycles. The zero-order chi connectivity index (χ0) is 20.9. The Bertz CT molecular complexity index is 1000. The predicted molar refractivity (Wildman–Crippen MR) is 125 cm³/mol. The van der Waals surface area contributed by atoms with E-state index in [2.05, 4.69) is 48.5 Å². The molecule has 1 aromatic heterocycles. The van der Waals surface area contributed by atoms with Crippen LogP contribution in [0.1, 0.15) is 42.9 Å². The van der Waals surface area contributed by atoms with E-state index in [4.69, 9.17) is 5.73 Å². The summed E-state index contributed by atoms with van der Waals surface area (Å²) in [4.78, 5) is 12.9. The summed E-state index contributed by atoms with van der Waals surface area (Å²) in [5.74, 6) is 1.55. The highest BCUT2D eigenvalue weighted by Gasteiger charge is 2.30. The number of hydrogen-bond acceptors (Lipinski definition) is 2. The lowest BCUT2D eigenvalue weighted by Gasteiger charge is -2.35. The van der Waals surface area contributed by atoms with Gasteiger partial charge in [0.15, 0.2) is 0 Å². The van der Waals surface area contributed by atoms with Crippen LogP contribution < -0.4 is 11.3 Å². The Balaban J connectivity index is 1.74. The maximum atomic E-state index is 12.9. The van der Waals surface area contributed by atoms with Crippen LogP contribution in [0.5, 0.6) is 0 Å². The number of nitrogens with two attached hydrogens (primary N) is 1. The lowest BCUT2D eigenvalue weighted by Crippen LogP contribution is -2.29. The minimum atomic E-state index is 0.0695.